The number of nitrogens with zero attached hydrogens (tertiary/aromatic N) is 2. The van der Waals surface area contributed by atoms with Crippen molar-refractivity contribution in [3.63, 3.8) is 0 Å². The Kier molecular flexibility index (Phi) is 3.74. The molecule has 1 aliphatic carbocycles. The summed E-state index contributed by atoms with van der Waals surface area (Å²) >= 11 is 0. The lowest BCUT2D eigenvalue weighted by atomic mass is 9.73. The van der Waals surface area contributed by atoms with Crippen molar-refractivity contribution >= 4 is 11.9 Å². The molecule has 2 fully saturated rings. The zero-order valence-corrected chi connectivity index (χ0v) is 14.0. The van der Waals surface area contributed by atoms with E-state index in [0.717, 1.165) is 32.2 Å². The molecule has 1 atom stereocenters. The minimum absolute atomic E-state index is 0.0760. The highest BCUT2D eigenvalue weighted by molar-refractivity contribution is 5.87. The van der Waals surface area contributed by atoms with Crippen LogP contribution in [0, 0.1) is 0 Å². The van der Waals surface area contributed by atoms with Gasteiger partial charge < -0.3 is 15.5 Å². The van der Waals surface area contributed by atoms with Crippen LogP contribution in [0.5, 0.6) is 0 Å². The highest BCUT2D eigenvalue weighted by Crippen LogP contribution is 2.46. The molecule has 0 bridgehead atoms. The van der Waals surface area contributed by atoms with Crippen LogP contribution in [0.25, 0.3) is 0 Å². The molecule has 5 nitrogen and oxygen atoms in total. The van der Waals surface area contributed by atoms with Gasteiger partial charge in [0.2, 0.25) is 5.91 Å². The molecular formula is C19H25N3O2. The smallest absolute Gasteiger partial charge is 0.315 e. The summed E-state index contributed by atoms with van der Waals surface area (Å²) in [6.07, 6.45) is 6.35. The Bertz CT molecular complexity index is 666. The van der Waals surface area contributed by atoms with Crippen LogP contribution in [0.15, 0.2) is 24.3 Å². The van der Waals surface area contributed by atoms with Crippen LogP contribution in [-0.4, -0.2) is 40.9 Å². The number of primary amides is 1. The first-order chi connectivity index (χ1) is 11.6. The normalized spacial score (nSPS) is 25.1. The average molecular weight is 327 g/mol. The zero-order chi connectivity index (χ0) is 16.7. The number of fused-ring (bicyclic) bond motifs is 2. The summed E-state index contributed by atoms with van der Waals surface area (Å²) in [4.78, 5) is 28.3. The lowest BCUT2D eigenvalue weighted by Gasteiger charge is -2.43. The van der Waals surface area contributed by atoms with Crippen LogP contribution in [0.1, 0.15) is 49.7 Å². The summed E-state index contributed by atoms with van der Waals surface area (Å²) in [5.41, 5.74) is 8.28. The Labute approximate surface area is 142 Å². The molecule has 1 aromatic carbocycles. The maximum Gasteiger partial charge on any atom is 0.315 e. The molecule has 0 unspecified atom stereocenters. The standard InChI is InChI=1S/C19H25N3O2/c20-18(24)22-11-5-8-16(22)17(23)21-12-14-6-1-2-7-15(14)19(13-21)9-3-4-10-19/h1-2,6-7,16H,3-5,8-13H2,(H2,20,24)/t16-/m0/s1. The molecule has 1 saturated heterocycles. The number of urea groups is 1. The largest absolute Gasteiger partial charge is 0.351 e. The fourth-order valence-corrected chi connectivity index (χ4v) is 5.02. The Morgan fingerprint density at radius 3 is 2.62 bits per heavy atom. The molecule has 2 heterocycles. The molecule has 3 aliphatic rings. The van der Waals surface area contributed by atoms with Gasteiger partial charge >= 0.3 is 6.03 Å². The molecule has 2 N–H and O–H groups in total. The van der Waals surface area contributed by atoms with E-state index in [2.05, 4.69) is 24.3 Å². The Morgan fingerprint density at radius 1 is 1.12 bits per heavy atom. The average Bonchev–Trinajstić information content (AvgIpc) is 3.24. The maximum absolute atomic E-state index is 13.1. The first kappa shape index (κ1) is 15.5. The zero-order valence-electron chi connectivity index (χ0n) is 14.0. The van der Waals surface area contributed by atoms with Gasteiger partial charge in [0.1, 0.15) is 6.04 Å². The number of benzene rings is 1. The van der Waals surface area contributed by atoms with Crippen LogP contribution in [0.4, 0.5) is 4.79 Å². The fourth-order valence-electron chi connectivity index (χ4n) is 5.02. The van der Waals surface area contributed by atoms with Gasteiger partial charge in [0.15, 0.2) is 0 Å². The number of rotatable bonds is 1. The summed E-state index contributed by atoms with van der Waals surface area (Å²) in [7, 11) is 0. The second-order valence-electron chi connectivity index (χ2n) is 7.53. The maximum atomic E-state index is 13.1. The summed E-state index contributed by atoms with van der Waals surface area (Å²) in [5, 5.41) is 0. The molecule has 1 aromatic rings. The van der Waals surface area contributed by atoms with E-state index in [1.165, 1.54) is 24.0 Å². The van der Waals surface area contributed by atoms with Gasteiger partial charge in [-0.05, 0) is 36.8 Å². The molecule has 4 rings (SSSR count). The van der Waals surface area contributed by atoms with Crippen LogP contribution in [0.2, 0.25) is 0 Å². The summed E-state index contributed by atoms with van der Waals surface area (Å²) in [6.45, 7) is 2.03. The van der Waals surface area contributed by atoms with Crippen LogP contribution in [-0.2, 0) is 16.8 Å². The SMILES string of the molecule is NC(=O)N1CCC[C@H]1C(=O)N1Cc2ccccc2C2(CCCC2)C1. The summed E-state index contributed by atoms with van der Waals surface area (Å²) in [5.74, 6) is 0.0760. The van der Waals surface area contributed by atoms with Crippen molar-refractivity contribution in [1.29, 1.82) is 0 Å². The van der Waals surface area contributed by atoms with Crippen LogP contribution in [0.3, 0.4) is 0 Å². The van der Waals surface area contributed by atoms with E-state index in [1.54, 1.807) is 4.90 Å². The lowest BCUT2D eigenvalue weighted by Crippen LogP contribution is -2.54. The number of nitrogens with two attached hydrogens (primary N) is 1. The Hall–Kier alpha value is -2.04. The molecule has 0 aromatic heterocycles. The molecule has 128 valence electrons. The van der Waals surface area contributed by atoms with Gasteiger partial charge in [0.25, 0.3) is 0 Å². The van der Waals surface area contributed by atoms with Gasteiger partial charge in [-0.2, -0.15) is 0 Å². The predicted molar refractivity (Wildman–Crippen MR) is 91.3 cm³/mol. The number of hydrogen-bond acceptors (Lipinski definition) is 2. The van der Waals surface area contributed by atoms with E-state index in [4.69, 9.17) is 5.73 Å². The number of carbonyl (C=O) groups is 2. The third-order valence-electron chi connectivity index (χ3n) is 6.14. The third-order valence-corrected chi connectivity index (χ3v) is 6.14. The van der Waals surface area contributed by atoms with Gasteiger partial charge in [0.05, 0.1) is 0 Å². The minimum atomic E-state index is -0.473. The van der Waals surface area contributed by atoms with E-state index in [0.29, 0.717) is 13.1 Å². The van der Waals surface area contributed by atoms with Crippen LogP contribution < -0.4 is 5.73 Å². The lowest BCUT2D eigenvalue weighted by molar-refractivity contribution is -0.137. The van der Waals surface area contributed by atoms with Gasteiger partial charge in [-0.1, -0.05) is 37.1 Å². The van der Waals surface area contributed by atoms with Crippen molar-refractivity contribution < 1.29 is 9.59 Å². The van der Waals surface area contributed by atoms with E-state index in [1.807, 2.05) is 4.90 Å². The third kappa shape index (κ3) is 2.38. The molecule has 5 heteroatoms. The van der Waals surface area contributed by atoms with Crippen molar-refractivity contribution in [3.05, 3.63) is 35.4 Å². The number of hydrogen-bond donors (Lipinski definition) is 1. The minimum Gasteiger partial charge on any atom is -0.351 e. The number of likely N-dealkylation sites (tertiary alicyclic amines) is 1. The molecule has 2 aliphatic heterocycles. The van der Waals surface area contributed by atoms with Crippen molar-refractivity contribution in [3.8, 4) is 0 Å². The topological polar surface area (TPSA) is 66.6 Å². The molecule has 24 heavy (non-hydrogen) atoms. The van der Waals surface area contributed by atoms with Crippen molar-refractivity contribution in [2.45, 2.75) is 56.5 Å². The van der Waals surface area contributed by atoms with Crippen molar-refractivity contribution in [2.75, 3.05) is 13.1 Å². The van der Waals surface area contributed by atoms with Crippen molar-refractivity contribution in [1.82, 2.24) is 9.80 Å². The van der Waals surface area contributed by atoms with Gasteiger partial charge in [-0.25, -0.2) is 4.79 Å². The Balaban J connectivity index is 1.63. The quantitative estimate of drug-likeness (QED) is 0.860. The highest BCUT2D eigenvalue weighted by Gasteiger charge is 2.45. The van der Waals surface area contributed by atoms with E-state index >= 15 is 0 Å². The van der Waals surface area contributed by atoms with Gasteiger partial charge in [-0.15, -0.1) is 0 Å². The first-order valence-electron chi connectivity index (χ1n) is 9.04. The Morgan fingerprint density at radius 2 is 1.88 bits per heavy atom. The summed E-state index contributed by atoms with van der Waals surface area (Å²) < 4.78 is 0. The second kappa shape index (κ2) is 5.80. The van der Waals surface area contributed by atoms with Crippen LogP contribution >= 0.6 is 0 Å². The molecule has 1 saturated carbocycles. The van der Waals surface area contributed by atoms with E-state index < -0.39 is 6.03 Å². The molecular weight excluding hydrogens is 302 g/mol. The predicted octanol–water partition coefficient (Wildman–Crippen LogP) is 2.38. The highest BCUT2D eigenvalue weighted by atomic mass is 16.2. The molecule has 1 spiro atoms. The second-order valence-corrected chi connectivity index (χ2v) is 7.53. The van der Waals surface area contributed by atoms with E-state index in [9.17, 15) is 9.59 Å². The molecule has 0 radical (unpaired) electrons. The first-order valence-corrected chi connectivity index (χ1v) is 9.04. The van der Waals surface area contributed by atoms with Gasteiger partial charge in [0, 0.05) is 25.0 Å². The molecule has 3 amide bonds. The van der Waals surface area contributed by atoms with E-state index in [-0.39, 0.29) is 17.4 Å². The fraction of sp³-hybridized carbons (Fsp3) is 0.579. The monoisotopic (exact) mass is 327 g/mol. The summed E-state index contributed by atoms with van der Waals surface area (Å²) in [6, 6.07) is 7.72. The number of carbonyl (C=O) groups excluding carboxylic acids is 2. The van der Waals surface area contributed by atoms with Gasteiger partial charge in [-0.3, -0.25) is 4.79 Å². The number of amides is 3. The van der Waals surface area contributed by atoms with Crippen molar-refractivity contribution in [2.24, 2.45) is 5.73 Å².